The number of hydrogen-bond acceptors (Lipinski definition) is 2. The van der Waals surface area contributed by atoms with Gasteiger partial charge in [0.2, 0.25) is 6.33 Å². The first-order valence-corrected chi connectivity index (χ1v) is 3.41. The fourth-order valence-electron chi connectivity index (χ4n) is 0.931. The van der Waals surface area contributed by atoms with Gasteiger partial charge in [-0.15, -0.1) is 5.10 Å². The van der Waals surface area contributed by atoms with E-state index < -0.39 is 0 Å². The second-order valence-corrected chi connectivity index (χ2v) is 2.29. The Morgan fingerprint density at radius 1 is 1.42 bits per heavy atom. The molecule has 0 aliphatic rings. The molecule has 0 atom stereocenters. The smallest absolute Gasteiger partial charge is 0.221 e. The van der Waals surface area contributed by atoms with Gasteiger partial charge in [0.25, 0.3) is 0 Å². The summed E-state index contributed by atoms with van der Waals surface area (Å²) in [5, 5.41) is 14.7. The van der Waals surface area contributed by atoms with E-state index in [0.717, 1.165) is 0 Å². The van der Waals surface area contributed by atoms with Crippen molar-refractivity contribution in [3.63, 3.8) is 0 Å². The maximum Gasteiger partial charge on any atom is 0.221 e. The minimum atomic E-state index is -0.0389. The number of nitrogens with zero attached hydrogens (tertiary/aromatic N) is 3. The van der Waals surface area contributed by atoms with Gasteiger partial charge in [0, 0.05) is 6.07 Å². The molecule has 2 aromatic rings. The molecule has 0 aliphatic carbocycles. The Morgan fingerprint density at radius 3 is 3.00 bits per heavy atom. The molecule has 4 nitrogen and oxygen atoms in total. The molecule has 4 heteroatoms. The first-order chi connectivity index (χ1) is 5.86. The van der Waals surface area contributed by atoms with Crippen molar-refractivity contribution in [2.75, 3.05) is 0 Å². The van der Waals surface area contributed by atoms with Crippen LogP contribution in [0.3, 0.4) is 0 Å². The van der Waals surface area contributed by atoms with Crippen LogP contribution in [0.2, 0.25) is 0 Å². The largest absolute Gasteiger partial charge is 0.290 e. The topological polar surface area (TPSA) is 50.6 Å². The molecule has 0 fully saturated rings. The second kappa shape index (κ2) is 2.65. The Bertz CT molecular complexity index is 370. The zero-order valence-corrected chi connectivity index (χ0v) is 6.14. The lowest BCUT2D eigenvalue weighted by atomic mass is 10.3. The highest BCUT2D eigenvalue weighted by atomic mass is 16.3. The average molecular weight is 159 g/mol. The molecule has 1 aromatic carbocycles. The van der Waals surface area contributed by atoms with E-state index in [4.69, 9.17) is 0 Å². The molecule has 2 radical (unpaired) electrons. The van der Waals surface area contributed by atoms with Crippen LogP contribution < -0.4 is 0 Å². The minimum absolute atomic E-state index is 0.0389. The number of aromatic nitrogens is 3. The summed E-state index contributed by atoms with van der Waals surface area (Å²) in [5.74, 6) is -0.0389. The summed E-state index contributed by atoms with van der Waals surface area (Å²) in [6, 6.07) is 6.44. The van der Waals surface area contributed by atoms with Gasteiger partial charge in [-0.3, -0.25) is 5.11 Å². The van der Waals surface area contributed by atoms with Crippen molar-refractivity contribution in [3.05, 3.63) is 36.9 Å². The van der Waals surface area contributed by atoms with Crippen molar-refractivity contribution in [2.45, 2.75) is 0 Å². The highest BCUT2D eigenvalue weighted by Gasteiger charge is 1.97. The van der Waals surface area contributed by atoms with E-state index in [1.165, 1.54) is 23.1 Å². The normalized spacial score (nSPS) is 10.0. The predicted molar refractivity (Wildman–Crippen MR) is 40.3 cm³/mol. The van der Waals surface area contributed by atoms with E-state index >= 15 is 0 Å². The summed E-state index contributed by atoms with van der Waals surface area (Å²) in [5.41, 5.74) is 0.705. The summed E-state index contributed by atoms with van der Waals surface area (Å²) >= 11 is 0. The quantitative estimate of drug-likeness (QED) is 0.627. The fourth-order valence-corrected chi connectivity index (χ4v) is 0.931. The van der Waals surface area contributed by atoms with Gasteiger partial charge in [0.1, 0.15) is 6.33 Å². The summed E-state index contributed by atoms with van der Waals surface area (Å²) in [6.45, 7) is 0. The van der Waals surface area contributed by atoms with Gasteiger partial charge in [-0.05, 0) is 12.1 Å². The molecule has 0 unspecified atom stereocenters. The third kappa shape index (κ3) is 1.14. The Morgan fingerprint density at radius 2 is 2.33 bits per heavy atom. The maximum atomic E-state index is 10.9. The van der Waals surface area contributed by atoms with Crippen LogP contribution in [0.1, 0.15) is 0 Å². The van der Waals surface area contributed by atoms with Gasteiger partial charge >= 0.3 is 0 Å². The van der Waals surface area contributed by atoms with Crippen molar-refractivity contribution >= 4 is 0 Å². The SMILES string of the molecule is [O]c1cccc(-n2cn[c]n2)c1. The van der Waals surface area contributed by atoms with E-state index in [9.17, 15) is 5.11 Å². The van der Waals surface area contributed by atoms with E-state index in [2.05, 4.69) is 16.4 Å². The molecule has 0 spiro atoms. The standard InChI is InChI=1S/C8H5N3O/c12-8-3-1-2-7(4-8)11-6-9-5-10-11/h1-4,6H. The maximum absolute atomic E-state index is 10.9. The lowest BCUT2D eigenvalue weighted by Crippen LogP contribution is -1.92. The van der Waals surface area contributed by atoms with Crippen LogP contribution in [0.25, 0.3) is 5.69 Å². The first kappa shape index (κ1) is 6.84. The molecule has 2 rings (SSSR count). The van der Waals surface area contributed by atoms with Crippen LogP contribution >= 0.6 is 0 Å². The van der Waals surface area contributed by atoms with Crippen molar-refractivity contribution in [2.24, 2.45) is 0 Å². The number of hydrogen-bond donors (Lipinski definition) is 0. The van der Waals surface area contributed by atoms with E-state index in [1.54, 1.807) is 12.1 Å². The molecule has 0 saturated carbocycles. The minimum Gasteiger partial charge on any atom is -0.290 e. The Hall–Kier alpha value is -1.84. The zero-order valence-electron chi connectivity index (χ0n) is 6.14. The van der Waals surface area contributed by atoms with Crippen molar-refractivity contribution in [1.29, 1.82) is 0 Å². The molecule has 58 valence electrons. The van der Waals surface area contributed by atoms with Crippen molar-refractivity contribution in [3.8, 4) is 11.4 Å². The van der Waals surface area contributed by atoms with Crippen LogP contribution in [0.4, 0.5) is 0 Å². The Kier molecular flexibility index (Phi) is 1.51. The van der Waals surface area contributed by atoms with Crippen molar-refractivity contribution < 1.29 is 5.11 Å². The van der Waals surface area contributed by atoms with Crippen LogP contribution in [0.5, 0.6) is 5.75 Å². The van der Waals surface area contributed by atoms with E-state index in [1.807, 2.05) is 0 Å². The third-order valence-electron chi connectivity index (χ3n) is 1.46. The lowest BCUT2D eigenvalue weighted by Gasteiger charge is -1.97. The molecule has 12 heavy (non-hydrogen) atoms. The number of benzene rings is 1. The summed E-state index contributed by atoms with van der Waals surface area (Å²) in [7, 11) is 0. The monoisotopic (exact) mass is 159 g/mol. The first-order valence-electron chi connectivity index (χ1n) is 3.41. The molecule has 1 heterocycles. The van der Waals surface area contributed by atoms with Crippen LogP contribution in [0, 0.1) is 6.33 Å². The Labute approximate surface area is 69.1 Å². The lowest BCUT2D eigenvalue weighted by molar-refractivity contribution is 0.354. The molecule has 1 aromatic heterocycles. The highest BCUT2D eigenvalue weighted by Crippen LogP contribution is 2.13. The fraction of sp³-hybridized carbons (Fsp3) is 0. The van der Waals surface area contributed by atoms with E-state index in [0.29, 0.717) is 5.69 Å². The second-order valence-electron chi connectivity index (χ2n) is 2.29. The van der Waals surface area contributed by atoms with Gasteiger partial charge in [0.15, 0.2) is 5.75 Å². The molecule has 0 aliphatic heterocycles. The van der Waals surface area contributed by atoms with Crippen LogP contribution in [0.15, 0.2) is 30.6 Å². The van der Waals surface area contributed by atoms with Crippen LogP contribution in [-0.2, 0) is 5.11 Å². The molecular formula is C8H5N3O. The summed E-state index contributed by atoms with van der Waals surface area (Å²) in [6.07, 6.45) is 3.90. The Balaban J connectivity index is 2.48. The predicted octanol–water partition coefficient (Wildman–Crippen LogP) is 1.21. The van der Waals surface area contributed by atoms with Crippen molar-refractivity contribution in [1.82, 2.24) is 14.8 Å². The molecule has 0 N–H and O–H groups in total. The number of rotatable bonds is 1. The summed E-state index contributed by atoms with van der Waals surface area (Å²) in [4.78, 5) is 3.65. The van der Waals surface area contributed by atoms with Crippen LogP contribution in [-0.4, -0.2) is 14.8 Å². The van der Waals surface area contributed by atoms with Gasteiger partial charge in [-0.2, -0.15) is 0 Å². The zero-order chi connectivity index (χ0) is 8.39. The van der Waals surface area contributed by atoms with E-state index in [-0.39, 0.29) is 5.75 Å². The third-order valence-corrected chi connectivity index (χ3v) is 1.46. The molecular weight excluding hydrogens is 154 g/mol. The van der Waals surface area contributed by atoms with Gasteiger partial charge in [0.05, 0.1) is 5.69 Å². The molecule has 0 bridgehead atoms. The molecule has 0 saturated heterocycles. The average Bonchev–Trinajstić information content (AvgIpc) is 2.56. The molecule has 0 amide bonds. The summed E-state index contributed by atoms with van der Waals surface area (Å²) < 4.78 is 1.49. The van der Waals surface area contributed by atoms with Gasteiger partial charge < -0.3 is 0 Å². The van der Waals surface area contributed by atoms with Gasteiger partial charge in [-0.1, -0.05) is 6.07 Å². The van der Waals surface area contributed by atoms with Gasteiger partial charge in [-0.25, -0.2) is 9.67 Å². The highest BCUT2D eigenvalue weighted by molar-refractivity contribution is 5.36.